The predicted octanol–water partition coefficient (Wildman–Crippen LogP) is 10.8. The number of fused-ring (bicyclic) bond motifs is 7. The molecule has 0 aliphatic carbocycles. The van der Waals surface area contributed by atoms with Crippen molar-refractivity contribution in [2.75, 3.05) is 0 Å². The Bertz CT molecular complexity index is 2770. The average molecular weight is 618 g/mol. The van der Waals surface area contributed by atoms with Crippen molar-refractivity contribution in [3.8, 4) is 11.1 Å². The highest BCUT2D eigenvalue weighted by Gasteiger charge is 2.27. The molecule has 1 atom stereocenters. The van der Waals surface area contributed by atoms with E-state index in [1.54, 1.807) is 0 Å². The van der Waals surface area contributed by atoms with Crippen molar-refractivity contribution in [3.63, 3.8) is 0 Å². The normalized spacial score (nSPS) is 14.9. The molecule has 3 heterocycles. The van der Waals surface area contributed by atoms with E-state index in [9.17, 15) is 0 Å². The van der Waals surface area contributed by atoms with Crippen molar-refractivity contribution in [1.82, 2.24) is 5.32 Å². The maximum absolute atomic E-state index is 6.60. The molecule has 9 aromatic rings. The Hall–Kier alpha value is -6.46. The molecule has 2 aromatic heterocycles. The Morgan fingerprint density at radius 1 is 0.500 bits per heavy atom. The van der Waals surface area contributed by atoms with Gasteiger partial charge in [-0.1, -0.05) is 115 Å². The Morgan fingerprint density at radius 2 is 1.19 bits per heavy atom. The molecule has 5 heteroatoms. The molecule has 48 heavy (non-hydrogen) atoms. The lowest BCUT2D eigenvalue weighted by Gasteiger charge is -2.24. The summed E-state index contributed by atoms with van der Waals surface area (Å²) in [6, 6.07) is 52.1. The number of rotatable bonds is 4. The highest BCUT2D eigenvalue weighted by atomic mass is 16.3. The van der Waals surface area contributed by atoms with Crippen LogP contribution >= 0.6 is 0 Å². The van der Waals surface area contributed by atoms with Gasteiger partial charge in [-0.15, -0.1) is 0 Å². The summed E-state index contributed by atoms with van der Waals surface area (Å²) in [6.07, 6.45) is -0.425. The number of para-hydroxylation sites is 2. The number of aliphatic imine (C=N–C) groups is 2. The first-order chi connectivity index (χ1) is 23.8. The number of amidine groups is 2. The van der Waals surface area contributed by atoms with E-state index in [2.05, 4.69) is 108 Å². The second-order valence-electron chi connectivity index (χ2n) is 12.2. The third-order valence-corrected chi connectivity index (χ3v) is 9.35. The van der Waals surface area contributed by atoms with Crippen LogP contribution in [0.15, 0.2) is 170 Å². The van der Waals surface area contributed by atoms with Gasteiger partial charge in [0.05, 0.1) is 0 Å². The minimum absolute atomic E-state index is 0.425. The number of hydrogen-bond acceptors (Lipinski definition) is 5. The highest BCUT2D eigenvalue weighted by molar-refractivity contribution is 6.24. The standard InChI is InChI=1S/C43H27N3O2/c1-2-12-27(13-3-1)30-23-24-34(39-32-16-7-9-19-36(32)48-40(30)39)43-45-41(29-22-21-26-11-4-5-14-28(26)25-29)44-42(46-43)33-17-10-20-37-38(33)31-15-6-8-18-35(31)47-37/h1-25,42H,(H,44,45,46). The summed E-state index contributed by atoms with van der Waals surface area (Å²) in [4.78, 5) is 10.6. The molecule has 0 bridgehead atoms. The van der Waals surface area contributed by atoms with E-state index < -0.39 is 6.17 Å². The van der Waals surface area contributed by atoms with Crippen LogP contribution in [0.3, 0.4) is 0 Å². The van der Waals surface area contributed by atoms with Gasteiger partial charge >= 0.3 is 0 Å². The molecule has 1 N–H and O–H groups in total. The molecule has 0 radical (unpaired) electrons. The number of furan rings is 2. The zero-order valence-electron chi connectivity index (χ0n) is 25.7. The van der Waals surface area contributed by atoms with Gasteiger partial charge in [-0.25, -0.2) is 9.98 Å². The number of hydrogen-bond donors (Lipinski definition) is 1. The first kappa shape index (κ1) is 26.7. The topological polar surface area (TPSA) is 63.0 Å². The molecule has 0 fully saturated rings. The summed E-state index contributed by atoms with van der Waals surface area (Å²) in [5.41, 5.74) is 8.40. The van der Waals surface area contributed by atoms with Crippen LogP contribution in [0.4, 0.5) is 0 Å². The highest BCUT2D eigenvalue weighted by Crippen LogP contribution is 2.40. The minimum atomic E-state index is -0.425. The molecule has 0 saturated heterocycles. The summed E-state index contributed by atoms with van der Waals surface area (Å²) in [5, 5.41) is 10.2. The lowest BCUT2D eigenvalue weighted by Crippen LogP contribution is -2.33. The van der Waals surface area contributed by atoms with E-state index in [1.165, 1.54) is 5.39 Å². The summed E-state index contributed by atoms with van der Waals surface area (Å²) < 4.78 is 12.9. The number of nitrogens with one attached hydrogen (secondary N) is 1. The predicted molar refractivity (Wildman–Crippen MR) is 196 cm³/mol. The summed E-state index contributed by atoms with van der Waals surface area (Å²) in [7, 11) is 0. The smallest absolute Gasteiger partial charge is 0.160 e. The number of benzene rings is 7. The van der Waals surface area contributed by atoms with E-state index in [0.717, 1.165) is 82.9 Å². The van der Waals surface area contributed by atoms with E-state index in [4.69, 9.17) is 18.8 Å². The third kappa shape index (κ3) is 4.18. The second kappa shape index (κ2) is 10.5. The van der Waals surface area contributed by atoms with Crippen molar-refractivity contribution < 1.29 is 8.83 Å². The first-order valence-corrected chi connectivity index (χ1v) is 16.1. The van der Waals surface area contributed by atoms with Crippen LogP contribution in [0, 0.1) is 0 Å². The van der Waals surface area contributed by atoms with Crippen LogP contribution in [-0.2, 0) is 0 Å². The molecule has 1 aliphatic rings. The molecule has 0 spiro atoms. The zero-order valence-corrected chi connectivity index (χ0v) is 25.7. The fraction of sp³-hybridized carbons (Fsp3) is 0.0233. The molecule has 10 rings (SSSR count). The average Bonchev–Trinajstić information content (AvgIpc) is 3.74. The first-order valence-electron chi connectivity index (χ1n) is 16.1. The van der Waals surface area contributed by atoms with Gasteiger partial charge in [0.1, 0.15) is 34.3 Å². The maximum Gasteiger partial charge on any atom is 0.160 e. The lowest BCUT2D eigenvalue weighted by molar-refractivity contribution is 0.662. The van der Waals surface area contributed by atoms with E-state index in [-0.39, 0.29) is 0 Å². The van der Waals surface area contributed by atoms with E-state index in [0.29, 0.717) is 5.84 Å². The quantitative estimate of drug-likeness (QED) is 0.214. The van der Waals surface area contributed by atoms with Crippen molar-refractivity contribution in [1.29, 1.82) is 0 Å². The van der Waals surface area contributed by atoms with Crippen molar-refractivity contribution in [2.24, 2.45) is 9.98 Å². The third-order valence-electron chi connectivity index (χ3n) is 9.35. The molecular formula is C43H27N3O2. The molecule has 7 aromatic carbocycles. The van der Waals surface area contributed by atoms with Gasteiger partial charge in [0.15, 0.2) is 5.84 Å². The largest absolute Gasteiger partial charge is 0.456 e. The van der Waals surface area contributed by atoms with Gasteiger partial charge in [-0.3, -0.25) is 0 Å². The zero-order chi connectivity index (χ0) is 31.6. The van der Waals surface area contributed by atoms with E-state index in [1.807, 2.05) is 48.5 Å². The Kier molecular flexibility index (Phi) is 5.87. The van der Waals surface area contributed by atoms with Gasteiger partial charge in [0.25, 0.3) is 0 Å². The van der Waals surface area contributed by atoms with Gasteiger partial charge in [-0.2, -0.15) is 0 Å². The van der Waals surface area contributed by atoms with Crippen molar-refractivity contribution in [2.45, 2.75) is 6.17 Å². The van der Waals surface area contributed by atoms with Crippen LogP contribution in [0.2, 0.25) is 0 Å². The maximum atomic E-state index is 6.60. The van der Waals surface area contributed by atoms with Crippen LogP contribution in [0.25, 0.3) is 65.8 Å². The van der Waals surface area contributed by atoms with E-state index >= 15 is 0 Å². The van der Waals surface area contributed by atoms with Crippen LogP contribution < -0.4 is 5.32 Å². The van der Waals surface area contributed by atoms with Crippen LogP contribution in [0.1, 0.15) is 22.9 Å². The Labute approximate surface area is 275 Å². The van der Waals surface area contributed by atoms with Crippen LogP contribution in [0.5, 0.6) is 0 Å². The van der Waals surface area contributed by atoms with Gasteiger partial charge in [0, 0.05) is 43.8 Å². The molecular weight excluding hydrogens is 590 g/mol. The molecule has 1 aliphatic heterocycles. The Morgan fingerprint density at radius 3 is 2.04 bits per heavy atom. The summed E-state index contributed by atoms with van der Waals surface area (Å²) >= 11 is 0. The summed E-state index contributed by atoms with van der Waals surface area (Å²) in [5.74, 6) is 1.40. The number of nitrogens with zero attached hydrogens (tertiary/aromatic N) is 2. The SMILES string of the molecule is c1ccc(-c2ccc(C3=NC(c4cccc5oc6ccccc6c45)NC(c4ccc5ccccc5c4)=N3)c3c2oc2ccccc23)cc1. The van der Waals surface area contributed by atoms with Gasteiger partial charge in [0.2, 0.25) is 0 Å². The summed E-state index contributed by atoms with van der Waals surface area (Å²) in [6.45, 7) is 0. The molecule has 226 valence electrons. The minimum Gasteiger partial charge on any atom is -0.456 e. The second-order valence-corrected chi connectivity index (χ2v) is 12.2. The molecule has 0 amide bonds. The van der Waals surface area contributed by atoms with Crippen LogP contribution in [-0.4, -0.2) is 11.7 Å². The lowest BCUT2D eigenvalue weighted by atomic mass is 9.97. The fourth-order valence-electron chi connectivity index (χ4n) is 7.10. The van der Waals surface area contributed by atoms with Gasteiger partial charge < -0.3 is 14.2 Å². The monoisotopic (exact) mass is 617 g/mol. The van der Waals surface area contributed by atoms with Gasteiger partial charge in [-0.05, 0) is 52.7 Å². The fourth-order valence-corrected chi connectivity index (χ4v) is 7.10. The molecule has 5 nitrogen and oxygen atoms in total. The Balaban J connectivity index is 1.24. The molecule has 0 saturated carbocycles. The van der Waals surface area contributed by atoms with Crippen molar-refractivity contribution in [3.05, 3.63) is 168 Å². The van der Waals surface area contributed by atoms with Crippen molar-refractivity contribution >= 4 is 66.3 Å². The molecule has 1 unspecified atom stereocenters.